The Hall–Kier alpha value is -0.860. The summed E-state index contributed by atoms with van der Waals surface area (Å²) in [6.45, 7) is 7.24. The molecule has 0 spiro atoms. The van der Waals surface area contributed by atoms with E-state index < -0.39 is 0 Å². The van der Waals surface area contributed by atoms with Gasteiger partial charge in [0.1, 0.15) is 0 Å². The lowest BCUT2D eigenvalue weighted by molar-refractivity contribution is 0.0284. The summed E-state index contributed by atoms with van der Waals surface area (Å²) in [5, 5.41) is 3.64. The number of benzene rings is 1. The van der Waals surface area contributed by atoms with Gasteiger partial charge in [-0.05, 0) is 36.7 Å². The van der Waals surface area contributed by atoms with Crippen LogP contribution in [-0.2, 0) is 11.3 Å². The second kappa shape index (κ2) is 5.87. The maximum Gasteiger partial charge on any atom is 0.0717 e. The molecule has 2 saturated carbocycles. The molecule has 0 aliphatic heterocycles. The maximum absolute atomic E-state index is 6.07. The summed E-state index contributed by atoms with van der Waals surface area (Å²) in [5.41, 5.74) is 1.68. The van der Waals surface area contributed by atoms with E-state index in [4.69, 9.17) is 4.74 Å². The molecule has 0 bridgehead atoms. The van der Waals surface area contributed by atoms with Gasteiger partial charge in [-0.3, -0.25) is 0 Å². The number of ether oxygens (including phenoxy) is 1. The Morgan fingerprint density at radius 2 is 1.90 bits per heavy atom. The van der Waals surface area contributed by atoms with Crippen LogP contribution in [0.1, 0.15) is 38.7 Å². The summed E-state index contributed by atoms with van der Waals surface area (Å²) in [6.07, 6.45) is 4.21. The molecule has 2 aliphatic carbocycles. The van der Waals surface area contributed by atoms with Gasteiger partial charge >= 0.3 is 0 Å². The minimum atomic E-state index is 0.395. The molecule has 2 aliphatic rings. The van der Waals surface area contributed by atoms with Gasteiger partial charge in [-0.25, -0.2) is 0 Å². The fraction of sp³-hybridized carbons (Fsp3) is 0.667. The van der Waals surface area contributed by atoms with Gasteiger partial charge in [0.05, 0.1) is 13.2 Å². The largest absolute Gasteiger partial charge is 0.376 e. The zero-order valence-electron chi connectivity index (χ0n) is 12.8. The van der Waals surface area contributed by atoms with Crippen LogP contribution in [-0.4, -0.2) is 19.2 Å². The summed E-state index contributed by atoms with van der Waals surface area (Å²) in [7, 11) is 0. The highest BCUT2D eigenvalue weighted by Gasteiger charge is 2.53. The van der Waals surface area contributed by atoms with Crippen LogP contribution in [0.4, 0.5) is 0 Å². The Morgan fingerprint density at radius 1 is 1.20 bits per heavy atom. The van der Waals surface area contributed by atoms with Gasteiger partial charge in [0, 0.05) is 18.0 Å². The second-order valence-electron chi connectivity index (χ2n) is 7.18. The predicted molar refractivity (Wildman–Crippen MR) is 82.5 cm³/mol. The van der Waals surface area contributed by atoms with E-state index in [0.29, 0.717) is 11.5 Å². The summed E-state index contributed by atoms with van der Waals surface area (Å²) >= 11 is 0. The van der Waals surface area contributed by atoms with Crippen LogP contribution >= 0.6 is 0 Å². The van der Waals surface area contributed by atoms with E-state index in [0.717, 1.165) is 31.6 Å². The highest BCUT2D eigenvalue weighted by Crippen LogP contribution is 2.59. The van der Waals surface area contributed by atoms with Gasteiger partial charge in [0.15, 0.2) is 0 Å². The van der Waals surface area contributed by atoms with Crippen LogP contribution in [0.15, 0.2) is 30.3 Å². The van der Waals surface area contributed by atoms with Crippen molar-refractivity contribution in [3.05, 3.63) is 35.9 Å². The zero-order chi connectivity index (χ0) is 14.0. The molecule has 0 amide bonds. The Bertz CT molecular complexity index is 418. The van der Waals surface area contributed by atoms with Crippen molar-refractivity contribution in [3.8, 4) is 0 Å². The highest BCUT2D eigenvalue weighted by atomic mass is 16.5. The van der Waals surface area contributed by atoms with Crippen molar-refractivity contribution in [2.24, 2.45) is 17.3 Å². The van der Waals surface area contributed by atoms with Crippen molar-refractivity contribution < 1.29 is 4.74 Å². The lowest BCUT2D eigenvalue weighted by Crippen LogP contribution is -2.40. The van der Waals surface area contributed by atoms with Crippen molar-refractivity contribution in [2.75, 3.05) is 13.2 Å². The first-order chi connectivity index (χ1) is 9.67. The fourth-order valence-electron chi connectivity index (χ4n) is 3.70. The molecule has 20 heavy (non-hydrogen) atoms. The molecule has 0 saturated heterocycles. The van der Waals surface area contributed by atoms with Crippen molar-refractivity contribution in [2.45, 2.75) is 45.8 Å². The van der Waals surface area contributed by atoms with Gasteiger partial charge in [0.2, 0.25) is 0 Å². The lowest BCUT2D eigenvalue weighted by atomic mass is 9.83. The third-order valence-corrected chi connectivity index (χ3v) is 4.86. The molecule has 1 N–H and O–H groups in total. The predicted octanol–water partition coefficient (Wildman–Crippen LogP) is 3.62. The first-order valence-electron chi connectivity index (χ1n) is 8.02. The Balaban J connectivity index is 1.51. The van der Waals surface area contributed by atoms with Crippen LogP contribution in [0.5, 0.6) is 0 Å². The van der Waals surface area contributed by atoms with Gasteiger partial charge in [-0.1, -0.05) is 44.2 Å². The smallest absolute Gasteiger partial charge is 0.0717 e. The highest BCUT2D eigenvalue weighted by molar-refractivity contribution is 5.13. The summed E-state index contributed by atoms with van der Waals surface area (Å²) < 4.78 is 6.07. The van der Waals surface area contributed by atoms with Crippen molar-refractivity contribution in [1.82, 2.24) is 5.32 Å². The number of fused-ring (bicyclic) bond motifs is 1. The molecule has 2 fully saturated rings. The Labute approximate surface area is 122 Å². The molecule has 2 nitrogen and oxygen atoms in total. The topological polar surface area (TPSA) is 21.3 Å². The van der Waals surface area contributed by atoms with Crippen LogP contribution in [0.3, 0.4) is 0 Å². The quantitative estimate of drug-likeness (QED) is 0.819. The average molecular weight is 273 g/mol. The average Bonchev–Trinajstić information content (AvgIpc) is 3.06. The molecule has 0 heterocycles. The molecular weight excluding hydrogens is 246 g/mol. The van der Waals surface area contributed by atoms with Gasteiger partial charge in [0.25, 0.3) is 0 Å². The molecule has 3 rings (SSSR count). The Morgan fingerprint density at radius 3 is 2.55 bits per heavy atom. The third kappa shape index (κ3) is 3.42. The van der Waals surface area contributed by atoms with Crippen LogP contribution < -0.4 is 5.32 Å². The summed E-state index contributed by atoms with van der Waals surface area (Å²) in [4.78, 5) is 0. The molecular formula is C18H27NO. The molecule has 1 aromatic carbocycles. The fourth-order valence-corrected chi connectivity index (χ4v) is 3.70. The first kappa shape index (κ1) is 14.1. The third-order valence-electron chi connectivity index (χ3n) is 4.86. The maximum atomic E-state index is 6.07. The summed E-state index contributed by atoms with van der Waals surface area (Å²) in [5.74, 6) is 2.01. The number of hydrogen-bond donors (Lipinski definition) is 1. The van der Waals surface area contributed by atoms with E-state index in [1.54, 1.807) is 0 Å². The molecule has 2 unspecified atom stereocenters. The molecule has 1 aromatic rings. The molecule has 2 heteroatoms. The minimum Gasteiger partial charge on any atom is -0.376 e. The van der Waals surface area contributed by atoms with Gasteiger partial charge in [-0.15, -0.1) is 0 Å². The number of rotatable bonds is 7. The van der Waals surface area contributed by atoms with Crippen molar-refractivity contribution in [1.29, 1.82) is 0 Å². The summed E-state index contributed by atoms with van der Waals surface area (Å²) in [6, 6.07) is 11.1. The van der Waals surface area contributed by atoms with Crippen molar-refractivity contribution in [3.63, 3.8) is 0 Å². The molecule has 0 aromatic heterocycles. The van der Waals surface area contributed by atoms with E-state index in [1.807, 2.05) is 0 Å². The standard InChI is InChI=1S/C18H27NO/c1-14(2)19-12-18(9-16-8-17(16)10-18)13-20-11-15-6-4-3-5-7-15/h3-7,14,16-17,19H,8-13H2,1-2H3. The van der Waals surface area contributed by atoms with E-state index in [-0.39, 0.29) is 0 Å². The van der Waals surface area contributed by atoms with E-state index in [1.165, 1.54) is 24.8 Å². The second-order valence-corrected chi connectivity index (χ2v) is 7.18. The minimum absolute atomic E-state index is 0.395. The lowest BCUT2D eigenvalue weighted by Gasteiger charge is -2.32. The normalized spacial score (nSPS) is 31.6. The monoisotopic (exact) mass is 273 g/mol. The van der Waals surface area contributed by atoms with Crippen LogP contribution in [0.25, 0.3) is 0 Å². The Kier molecular flexibility index (Phi) is 4.13. The molecule has 2 atom stereocenters. The van der Waals surface area contributed by atoms with Crippen molar-refractivity contribution >= 4 is 0 Å². The van der Waals surface area contributed by atoms with Crippen LogP contribution in [0.2, 0.25) is 0 Å². The van der Waals surface area contributed by atoms with Gasteiger partial charge in [-0.2, -0.15) is 0 Å². The van der Waals surface area contributed by atoms with E-state index in [2.05, 4.69) is 49.5 Å². The van der Waals surface area contributed by atoms with Gasteiger partial charge < -0.3 is 10.1 Å². The molecule has 110 valence electrons. The van der Waals surface area contributed by atoms with Crippen LogP contribution in [0, 0.1) is 17.3 Å². The zero-order valence-corrected chi connectivity index (χ0v) is 12.8. The number of nitrogens with one attached hydrogen (secondary N) is 1. The molecule has 0 radical (unpaired) electrons. The number of hydrogen-bond acceptors (Lipinski definition) is 2. The van der Waals surface area contributed by atoms with E-state index in [9.17, 15) is 0 Å². The van der Waals surface area contributed by atoms with E-state index >= 15 is 0 Å². The first-order valence-corrected chi connectivity index (χ1v) is 8.02. The SMILES string of the molecule is CC(C)NCC1(COCc2ccccc2)CC2CC2C1.